The third-order valence-corrected chi connectivity index (χ3v) is 4.62. The van der Waals surface area contributed by atoms with E-state index >= 15 is 0 Å². The molecule has 0 N–H and O–H groups in total. The molecule has 1 heteroatoms. The van der Waals surface area contributed by atoms with Gasteiger partial charge in [-0.1, -0.05) is 98.2 Å². The lowest BCUT2D eigenvalue weighted by molar-refractivity contribution is 0.103. The van der Waals surface area contributed by atoms with Crippen LogP contribution in [0, 0.1) is 5.92 Å². The van der Waals surface area contributed by atoms with E-state index in [9.17, 15) is 4.79 Å². The van der Waals surface area contributed by atoms with Gasteiger partial charge in [0, 0.05) is 11.1 Å². The van der Waals surface area contributed by atoms with Crippen LogP contribution in [0.5, 0.6) is 0 Å². The highest BCUT2D eigenvalue weighted by Gasteiger charge is 2.15. The molecule has 3 rings (SSSR count). The predicted molar refractivity (Wildman–Crippen MR) is 101 cm³/mol. The van der Waals surface area contributed by atoms with Gasteiger partial charge in [0.2, 0.25) is 0 Å². The summed E-state index contributed by atoms with van der Waals surface area (Å²) < 4.78 is 0. The van der Waals surface area contributed by atoms with Crippen LogP contribution in [0.2, 0.25) is 0 Å². The SMILES string of the molecule is O=C(C(=CC1CCCCC1)/C=C/c1ccccc1)c1ccccc1. The first-order valence-corrected chi connectivity index (χ1v) is 8.87. The van der Waals surface area contributed by atoms with Crippen LogP contribution in [0.4, 0.5) is 0 Å². The number of ketones is 1. The van der Waals surface area contributed by atoms with Crippen LogP contribution in [-0.2, 0) is 0 Å². The molecule has 0 aliphatic heterocycles. The van der Waals surface area contributed by atoms with Gasteiger partial charge in [0.1, 0.15) is 0 Å². The van der Waals surface area contributed by atoms with Crippen LogP contribution in [0.25, 0.3) is 6.08 Å². The minimum atomic E-state index is 0.119. The number of allylic oxidation sites excluding steroid dienone is 3. The van der Waals surface area contributed by atoms with Crippen molar-refractivity contribution in [3.8, 4) is 0 Å². The minimum absolute atomic E-state index is 0.119. The number of carbonyl (C=O) groups excluding carboxylic acids is 1. The number of benzene rings is 2. The molecule has 0 spiro atoms. The van der Waals surface area contributed by atoms with Crippen molar-refractivity contribution in [1.82, 2.24) is 0 Å². The molecule has 0 radical (unpaired) electrons. The van der Waals surface area contributed by atoms with E-state index in [0.29, 0.717) is 5.92 Å². The number of carbonyl (C=O) groups is 1. The van der Waals surface area contributed by atoms with Crippen LogP contribution >= 0.6 is 0 Å². The lowest BCUT2D eigenvalue weighted by Gasteiger charge is -2.19. The van der Waals surface area contributed by atoms with E-state index in [0.717, 1.165) is 16.7 Å². The van der Waals surface area contributed by atoms with Gasteiger partial charge in [0.25, 0.3) is 0 Å². The molecule has 1 nitrogen and oxygen atoms in total. The second-order valence-electron chi connectivity index (χ2n) is 6.46. The van der Waals surface area contributed by atoms with Crippen molar-refractivity contribution in [1.29, 1.82) is 0 Å². The molecule has 24 heavy (non-hydrogen) atoms. The molecule has 0 amide bonds. The van der Waals surface area contributed by atoms with E-state index in [-0.39, 0.29) is 5.78 Å². The Morgan fingerprint density at radius 1 is 0.833 bits per heavy atom. The van der Waals surface area contributed by atoms with Crippen LogP contribution < -0.4 is 0 Å². The van der Waals surface area contributed by atoms with Crippen LogP contribution in [0.15, 0.2) is 78.4 Å². The Hall–Kier alpha value is -2.41. The average Bonchev–Trinajstić information content (AvgIpc) is 2.67. The van der Waals surface area contributed by atoms with Gasteiger partial charge in [-0.05, 0) is 24.3 Å². The highest BCUT2D eigenvalue weighted by atomic mass is 16.1. The molecule has 1 aliphatic rings. The highest BCUT2D eigenvalue weighted by molar-refractivity contribution is 6.11. The van der Waals surface area contributed by atoms with E-state index in [1.54, 1.807) is 0 Å². The minimum Gasteiger partial charge on any atom is -0.289 e. The third-order valence-electron chi connectivity index (χ3n) is 4.62. The van der Waals surface area contributed by atoms with Gasteiger partial charge in [0.05, 0.1) is 0 Å². The van der Waals surface area contributed by atoms with E-state index < -0.39 is 0 Å². The zero-order valence-corrected chi connectivity index (χ0v) is 14.0. The fraction of sp³-hybridized carbons (Fsp3) is 0.261. The van der Waals surface area contributed by atoms with Gasteiger partial charge in [0.15, 0.2) is 5.78 Å². The smallest absolute Gasteiger partial charge is 0.192 e. The second kappa shape index (κ2) is 8.44. The van der Waals surface area contributed by atoms with Crippen molar-refractivity contribution in [3.05, 3.63) is 89.5 Å². The molecule has 2 aromatic carbocycles. The van der Waals surface area contributed by atoms with Crippen molar-refractivity contribution in [2.45, 2.75) is 32.1 Å². The standard InChI is InChI=1S/C23H24O/c24-23(21-14-8-3-9-15-21)22(18-20-12-6-2-7-13-20)17-16-19-10-4-1-5-11-19/h1,3-5,8-11,14-18,20H,2,6-7,12-13H2/b17-16+,22-18?. The number of hydrogen-bond acceptors (Lipinski definition) is 1. The molecular formula is C23H24O. The Kier molecular flexibility index (Phi) is 5.79. The number of rotatable bonds is 5. The number of Topliss-reactive ketones (excluding diaryl/α,β-unsaturated/α-hetero) is 1. The molecule has 122 valence electrons. The Labute approximate surface area is 144 Å². The zero-order valence-electron chi connectivity index (χ0n) is 14.0. The number of hydrogen-bond donors (Lipinski definition) is 0. The highest BCUT2D eigenvalue weighted by Crippen LogP contribution is 2.27. The predicted octanol–water partition coefficient (Wildman–Crippen LogP) is 6.09. The van der Waals surface area contributed by atoms with Gasteiger partial charge in [-0.25, -0.2) is 0 Å². The summed E-state index contributed by atoms with van der Waals surface area (Å²) in [5.41, 5.74) is 2.70. The summed E-state index contributed by atoms with van der Waals surface area (Å²) in [6.45, 7) is 0. The van der Waals surface area contributed by atoms with Crippen LogP contribution in [0.3, 0.4) is 0 Å². The summed E-state index contributed by atoms with van der Waals surface area (Å²) in [5.74, 6) is 0.648. The Balaban J connectivity index is 1.87. The van der Waals surface area contributed by atoms with Gasteiger partial charge in [-0.3, -0.25) is 4.79 Å². The lowest BCUT2D eigenvalue weighted by Crippen LogP contribution is -2.08. The Bertz CT molecular complexity index is 704. The normalized spacial score (nSPS) is 16.4. The zero-order chi connectivity index (χ0) is 16.6. The summed E-state index contributed by atoms with van der Waals surface area (Å²) in [5, 5.41) is 0. The average molecular weight is 316 g/mol. The van der Waals surface area contributed by atoms with Gasteiger partial charge in [-0.15, -0.1) is 0 Å². The monoisotopic (exact) mass is 316 g/mol. The summed E-state index contributed by atoms with van der Waals surface area (Å²) in [6.07, 6.45) is 12.5. The van der Waals surface area contributed by atoms with E-state index in [1.165, 1.54) is 32.1 Å². The molecule has 1 saturated carbocycles. The first-order chi connectivity index (χ1) is 11.8. The Morgan fingerprint density at radius 2 is 1.46 bits per heavy atom. The molecule has 2 aromatic rings. The molecular weight excluding hydrogens is 292 g/mol. The summed E-state index contributed by atoms with van der Waals surface area (Å²) in [4.78, 5) is 12.9. The van der Waals surface area contributed by atoms with E-state index in [4.69, 9.17) is 0 Å². The Morgan fingerprint density at radius 3 is 2.12 bits per heavy atom. The van der Waals surface area contributed by atoms with Gasteiger partial charge < -0.3 is 0 Å². The van der Waals surface area contributed by atoms with Crippen molar-refractivity contribution in [2.24, 2.45) is 5.92 Å². The molecule has 0 unspecified atom stereocenters. The largest absolute Gasteiger partial charge is 0.289 e. The van der Waals surface area contributed by atoms with Gasteiger partial charge in [-0.2, -0.15) is 0 Å². The first kappa shape index (κ1) is 16.4. The van der Waals surface area contributed by atoms with Crippen molar-refractivity contribution in [3.63, 3.8) is 0 Å². The third kappa shape index (κ3) is 4.55. The molecule has 1 aliphatic carbocycles. The van der Waals surface area contributed by atoms with Crippen LogP contribution in [-0.4, -0.2) is 5.78 Å². The quantitative estimate of drug-likeness (QED) is 0.370. The molecule has 0 saturated heterocycles. The van der Waals surface area contributed by atoms with Crippen molar-refractivity contribution >= 4 is 11.9 Å². The fourth-order valence-corrected chi connectivity index (χ4v) is 3.27. The summed E-state index contributed by atoms with van der Waals surface area (Å²) >= 11 is 0. The van der Waals surface area contributed by atoms with E-state index in [2.05, 4.69) is 18.2 Å². The molecule has 0 heterocycles. The molecule has 0 aromatic heterocycles. The lowest BCUT2D eigenvalue weighted by atomic mass is 9.86. The van der Waals surface area contributed by atoms with Crippen molar-refractivity contribution < 1.29 is 4.79 Å². The van der Waals surface area contributed by atoms with Crippen LogP contribution in [0.1, 0.15) is 48.0 Å². The van der Waals surface area contributed by atoms with Crippen molar-refractivity contribution in [2.75, 3.05) is 0 Å². The van der Waals surface area contributed by atoms with Gasteiger partial charge >= 0.3 is 0 Å². The maximum Gasteiger partial charge on any atom is 0.192 e. The topological polar surface area (TPSA) is 17.1 Å². The second-order valence-corrected chi connectivity index (χ2v) is 6.46. The maximum absolute atomic E-state index is 12.9. The summed E-state index contributed by atoms with van der Waals surface area (Å²) in [7, 11) is 0. The first-order valence-electron chi connectivity index (χ1n) is 8.87. The molecule has 1 fully saturated rings. The molecule has 0 bridgehead atoms. The molecule has 0 atom stereocenters. The summed E-state index contributed by atoms with van der Waals surface area (Å²) in [6, 6.07) is 19.7. The fourth-order valence-electron chi connectivity index (χ4n) is 3.27. The van der Waals surface area contributed by atoms with E-state index in [1.807, 2.05) is 60.7 Å². The maximum atomic E-state index is 12.9.